The number of aryl methyl sites for hydroxylation is 1. The predicted octanol–water partition coefficient (Wildman–Crippen LogP) is 2.07. The van der Waals surface area contributed by atoms with Crippen LogP contribution in [0.4, 0.5) is 5.69 Å². The van der Waals surface area contributed by atoms with E-state index < -0.39 is 10.0 Å². The molecule has 1 saturated heterocycles. The van der Waals surface area contributed by atoms with Gasteiger partial charge in [0, 0.05) is 19.2 Å². The Balaban J connectivity index is 2.06. The minimum atomic E-state index is -4.10. The Morgan fingerprint density at radius 2 is 1.83 bits per heavy atom. The molecule has 8 nitrogen and oxygen atoms in total. The van der Waals surface area contributed by atoms with Crippen molar-refractivity contribution in [3.05, 3.63) is 48.0 Å². The molecule has 30 heavy (non-hydrogen) atoms. The summed E-state index contributed by atoms with van der Waals surface area (Å²) in [4.78, 5) is 14.6. The molecule has 2 aromatic rings. The molecule has 0 atom stereocenters. The Morgan fingerprint density at radius 3 is 2.50 bits per heavy atom. The van der Waals surface area contributed by atoms with E-state index in [1.54, 1.807) is 54.3 Å². The maximum Gasteiger partial charge on any atom is 0.268 e. The molecule has 0 bridgehead atoms. The highest BCUT2D eigenvalue weighted by molar-refractivity contribution is 7.93. The molecule has 0 unspecified atom stereocenters. The fourth-order valence-corrected chi connectivity index (χ4v) is 4.87. The van der Waals surface area contributed by atoms with Crippen LogP contribution in [0, 0.1) is 6.92 Å². The highest BCUT2D eigenvalue weighted by atomic mass is 32.2. The zero-order valence-corrected chi connectivity index (χ0v) is 18.1. The number of amides is 1. The van der Waals surface area contributed by atoms with Crippen molar-refractivity contribution in [1.29, 1.82) is 0 Å². The van der Waals surface area contributed by atoms with E-state index >= 15 is 0 Å². The van der Waals surface area contributed by atoms with Crippen LogP contribution in [-0.2, 0) is 19.6 Å². The zero-order valence-electron chi connectivity index (χ0n) is 17.3. The van der Waals surface area contributed by atoms with Crippen molar-refractivity contribution in [1.82, 2.24) is 4.90 Å². The lowest BCUT2D eigenvalue weighted by Crippen LogP contribution is -2.47. The lowest BCUT2D eigenvalue weighted by Gasteiger charge is -2.31. The van der Waals surface area contributed by atoms with Crippen LogP contribution in [0.3, 0.4) is 0 Å². The van der Waals surface area contributed by atoms with E-state index in [2.05, 4.69) is 0 Å². The number of sulfonamides is 1. The largest absolute Gasteiger partial charge is 0.497 e. The summed E-state index contributed by atoms with van der Waals surface area (Å²) in [7, 11) is -1.19. The maximum atomic E-state index is 13.7. The van der Waals surface area contributed by atoms with Crippen LogP contribution in [-0.4, -0.2) is 66.3 Å². The highest BCUT2D eigenvalue weighted by Crippen LogP contribution is 2.32. The number of rotatable bonds is 7. The van der Waals surface area contributed by atoms with Gasteiger partial charge in [-0.3, -0.25) is 9.10 Å². The first-order valence-electron chi connectivity index (χ1n) is 9.54. The van der Waals surface area contributed by atoms with Crippen molar-refractivity contribution < 1.29 is 27.4 Å². The Kier molecular flexibility index (Phi) is 6.84. The third-order valence-corrected chi connectivity index (χ3v) is 6.67. The molecule has 1 heterocycles. The maximum absolute atomic E-state index is 13.7. The Morgan fingerprint density at radius 1 is 1.10 bits per heavy atom. The monoisotopic (exact) mass is 434 g/mol. The minimum Gasteiger partial charge on any atom is -0.497 e. The molecule has 0 aromatic heterocycles. The molecule has 0 saturated carbocycles. The lowest BCUT2D eigenvalue weighted by molar-refractivity contribution is -0.133. The number of carbonyl (C=O) groups excluding carboxylic acids is 1. The predicted molar refractivity (Wildman–Crippen MR) is 113 cm³/mol. The summed E-state index contributed by atoms with van der Waals surface area (Å²) < 4.78 is 44.3. The summed E-state index contributed by atoms with van der Waals surface area (Å²) in [6, 6.07) is 11.5. The molecular formula is C21H26N2O6S. The summed E-state index contributed by atoms with van der Waals surface area (Å²) in [5.41, 5.74) is 1.10. The average Bonchev–Trinajstić information content (AvgIpc) is 2.77. The Labute approximate surface area is 177 Å². The van der Waals surface area contributed by atoms with Crippen molar-refractivity contribution in [3.8, 4) is 11.5 Å². The van der Waals surface area contributed by atoms with Crippen LogP contribution in [0.2, 0.25) is 0 Å². The van der Waals surface area contributed by atoms with Crippen LogP contribution in [0.1, 0.15) is 5.56 Å². The number of benzene rings is 2. The molecule has 0 N–H and O–H groups in total. The quantitative estimate of drug-likeness (QED) is 0.663. The third kappa shape index (κ3) is 4.68. The van der Waals surface area contributed by atoms with E-state index in [0.29, 0.717) is 37.7 Å². The van der Waals surface area contributed by atoms with Crippen LogP contribution in [0.5, 0.6) is 11.5 Å². The third-order valence-electron chi connectivity index (χ3n) is 4.87. The summed E-state index contributed by atoms with van der Waals surface area (Å²) in [6.45, 7) is 3.18. The van der Waals surface area contributed by atoms with E-state index in [-0.39, 0.29) is 23.1 Å². The van der Waals surface area contributed by atoms with Gasteiger partial charge in [-0.25, -0.2) is 8.42 Å². The van der Waals surface area contributed by atoms with Gasteiger partial charge in [-0.2, -0.15) is 0 Å². The second-order valence-electron chi connectivity index (χ2n) is 6.86. The van der Waals surface area contributed by atoms with Crippen molar-refractivity contribution in [2.75, 3.05) is 51.4 Å². The molecule has 1 aliphatic rings. The molecule has 3 rings (SSSR count). The number of hydrogen-bond acceptors (Lipinski definition) is 6. The summed E-state index contributed by atoms with van der Waals surface area (Å²) in [6.07, 6.45) is 0. The van der Waals surface area contributed by atoms with Crippen molar-refractivity contribution in [2.24, 2.45) is 0 Å². The van der Waals surface area contributed by atoms with Gasteiger partial charge in [-0.1, -0.05) is 12.1 Å². The number of morpholine rings is 1. The van der Waals surface area contributed by atoms with Crippen LogP contribution >= 0.6 is 0 Å². The number of methoxy groups -OCH3 is 2. The topological polar surface area (TPSA) is 85.4 Å². The fraction of sp³-hybridized carbons (Fsp3) is 0.381. The van der Waals surface area contributed by atoms with Crippen molar-refractivity contribution in [2.45, 2.75) is 11.8 Å². The normalized spacial score (nSPS) is 14.3. The molecule has 9 heteroatoms. The highest BCUT2D eigenvalue weighted by Gasteiger charge is 2.32. The van der Waals surface area contributed by atoms with E-state index in [1.165, 1.54) is 14.2 Å². The summed E-state index contributed by atoms with van der Waals surface area (Å²) in [5.74, 6) is 0.409. The van der Waals surface area contributed by atoms with Gasteiger partial charge in [0.15, 0.2) is 0 Å². The van der Waals surface area contributed by atoms with Gasteiger partial charge in [-0.05, 0) is 36.8 Å². The summed E-state index contributed by atoms with van der Waals surface area (Å²) >= 11 is 0. The zero-order chi connectivity index (χ0) is 21.7. The van der Waals surface area contributed by atoms with Crippen LogP contribution < -0.4 is 13.8 Å². The van der Waals surface area contributed by atoms with E-state index in [0.717, 1.165) is 9.87 Å². The van der Waals surface area contributed by atoms with Crippen LogP contribution in [0.25, 0.3) is 0 Å². The second kappa shape index (κ2) is 9.36. The number of anilines is 1. The summed E-state index contributed by atoms with van der Waals surface area (Å²) in [5, 5.41) is 0. The molecule has 1 aliphatic heterocycles. The van der Waals surface area contributed by atoms with Gasteiger partial charge >= 0.3 is 0 Å². The first-order chi connectivity index (χ1) is 14.4. The molecule has 0 radical (unpaired) electrons. The number of carbonyl (C=O) groups is 1. The Hall–Kier alpha value is -2.78. The van der Waals surface area contributed by atoms with E-state index in [1.807, 2.05) is 0 Å². The average molecular weight is 435 g/mol. The SMILES string of the molecule is COc1cccc(N(CC(=O)N2CCOCC2)S(=O)(=O)c2cc(C)ccc2OC)c1. The lowest BCUT2D eigenvalue weighted by atomic mass is 10.2. The van der Waals surface area contributed by atoms with Gasteiger partial charge in [0.25, 0.3) is 10.0 Å². The van der Waals surface area contributed by atoms with Crippen molar-refractivity contribution in [3.63, 3.8) is 0 Å². The second-order valence-corrected chi connectivity index (χ2v) is 8.69. The standard InChI is InChI=1S/C21H26N2O6S/c1-16-7-8-19(28-3)20(13-16)30(25,26)23(17-5-4-6-18(14-17)27-2)15-21(24)22-9-11-29-12-10-22/h4-8,13-14H,9-12,15H2,1-3H3. The molecular weight excluding hydrogens is 408 g/mol. The minimum absolute atomic E-state index is 0.00240. The van der Waals surface area contributed by atoms with E-state index in [4.69, 9.17) is 14.2 Å². The molecule has 1 amide bonds. The molecule has 1 fully saturated rings. The van der Waals surface area contributed by atoms with Gasteiger partial charge in [0.1, 0.15) is 22.9 Å². The fourth-order valence-electron chi connectivity index (χ4n) is 3.22. The van der Waals surface area contributed by atoms with Crippen molar-refractivity contribution >= 4 is 21.6 Å². The van der Waals surface area contributed by atoms with Crippen LogP contribution in [0.15, 0.2) is 47.4 Å². The molecule has 2 aromatic carbocycles. The molecule has 162 valence electrons. The molecule has 0 spiro atoms. The Bertz CT molecular complexity index is 1000. The first-order valence-corrected chi connectivity index (χ1v) is 11.0. The van der Waals surface area contributed by atoms with Gasteiger partial charge in [-0.15, -0.1) is 0 Å². The molecule has 0 aliphatic carbocycles. The van der Waals surface area contributed by atoms with Gasteiger partial charge in [0.05, 0.1) is 33.1 Å². The van der Waals surface area contributed by atoms with E-state index in [9.17, 15) is 13.2 Å². The number of nitrogens with zero attached hydrogens (tertiary/aromatic N) is 2. The smallest absolute Gasteiger partial charge is 0.268 e. The van der Waals surface area contributed by atoms with Gasteiger partial charge < -0.3 is 19.1 Å². The number of ether oxygens (including phenoxy) is 3. The first kappa shape index (κ1) is 21.9. The van der Waals surface area contributed by atoms with Gasteiger partial charge in [0.2, 0.25) is 5.91 Å². The number of hydrogen-bond donors (Lipinski definition) is 0.